The minimum absolute atomic E-state index is 0.0598. The van der Waals surface area contributed by atoms with Crippen LogP contribution in [-0.4, -0.2) is 25.1 Å². The molecule has 1 atom stereocenters. The van der Waals surface area contributed by atoms with Crippen molar-refractivity contribution in [1.82, 2.24) is 4.31 Å². The molecule has 5 heteroatoms. The lowest BCUT2D eigenvalue weighted by molar-refractivity contribution is -0.131. The van der Waals surface area contributed by atoms with Crippen LogP contribution in [0, 0.1) is 6.92 Å². The lowest BCUT2D eigenvalue weighted by Crippen LogP contribution is -2.53. The number of benzene rings is 2. The molecule has 0 N–H and O–H groups in total. The first kappa shape index (κ1) is 14.0. The monoisotopic (exact) mass is 301 g/mol. The first-order valence-electron chi connectivity index (χ1n) is 6.66. The van der Waals surface area contributed by atoms with Gasteiger partial charge in [-0.1, -0.05) is 48.0 Å². The highest BCUT2D eigenvalue weighted by molar-refractivity contribution is 7.89. The zero-order chi connectivity index (χ0) is 15.0. The van der Waals surface area contributed by atoms with Crippen LogP contribution in [0.2, 0.25) is 0 Å². The molecule has 1 aliphatic heterocycles. The summed E-state index contributed by atoms with van der Waals surface area (Å²) in [6.07, 6.45) is 0. The number of rotatable bonds is 3. The molecule has 0 spiro atoms. The minimum Gasteiger partial charge on any atom is -0.296 e. The second kappa shape index (κ2) is 5.09. The number of carbonyl (C=O) groups is 1. The van der Waals surface area contributed by atoms with E-state index in [-0.39, 0.29) is 17.2 Å². The van der Waals surface area contributed by atoms with Crippen LogP contribution in [0.1, 0.15) is 17.2 Å². The van der Waals surface area contributed by atoms with E-state index in [2.05, 4.69) is 0 Å². The van der Waals surface area contributed by atoms with Crippen LogP contribution in [0.25, 0.3) is 0 Å². The van der Waals surface area contributed by atoms with Crippen molar-refractivity contribution in [2.75, 3.05) is 6.54 Å². The van der Waals surface area contributed by atoms with Gasteiger partial charge in [-0.3, -0.25) is 4.79 Å². The van der Waals surface area contributed by atoms with Gasteiger partial charge in [0.2, 0.25) is 10.0 Å². The van der Waals surface area contributed by atoms with Crippen molar-refractivity contribution in [2.45, 2.75) is 17.9 Å². The van der Waals surface area contributed by atoms with Gasteiger partial charge in [0, 0.05) is 0 Å². The number of nitrogens with zero attached hydrogens (tertiary/aromatic N) is 1. The van der Waals surface area contributed by atoms with E-state index in [1.165, 1.54) is 4.31 Å². The van der Waals surface area contributed by atoms with Crippen molar-refractivity contribution in [3.05, 3.63) is 65.7 Å². The molecule has 2 aromatic rings. The van der Waals surface area contributed by atoms with Gasteiger partial charge in [0.15, 0.2) is 5.78 Å². The van der Waals surface area contributed by atoms with Gasteiger partial charge in [-0.2, -0.15) is 4.31 Å². The Labute approximate surface area is 124 Å². The van der Waals surface area contributed by atoms with Crippen LogP contribution in [0.4, 0.5) is 0 Å². The summed E-state index contributed by atoms with van der Waals surface area (Å²) in [5, 5.41) is 0. The highest BCUT2D eigenvalue weighted by Gasteiger charge is 2.46. The zero-order valence-electron chi connectivity index (χ0n) is 11.6. The first-order valence-corrected chi connectivity index (χ1v) is 8.10. The van der Waals surface area contributed by atoms with E-state index in [9.17, 15) is 13.2 Å². The smallest absolute Gasteiger partial charge is 0.244 e. The predicted octanol–water partition coefficient (Wildman–Crippen LogP) is 2.31. The number of ketones is 1. The van der Waals surface area contributed by atoms with Crippen LogP contribution in [0.3, 0.4) is 0 Å². The lowest BCUT2D eigenvalue weighted by atomic mass is 9.97. The maximum atomic E-state index is 12.6. The number of Topliss-reactive ketones (excluding diaryl/α,β-unsaturated/α-hetero) is 1. The summed E-state index contributed by atoms with van der Waals surface area (Å²) in [5.74, 6) is -0.0723. The Balaban J connectivity index is 1.96. The standard InChI is InChI=1S/C16H15NO3S/c1-12-7-9-14(10-8-12)21(19,20)17-11-15(18)16(17)13-5-3-2-4-6-13/h2-10,16H,11H2,1H3. The lowest BCUT2D eigenvalue weighted by Gasteiger charge is -2.38. The highest BCUT2D eigenvalue weighted by atomic mass is 32.2. The Morgan fingerprint density at radius 3 is 2.19 bits per heavy atom. The van der Waals surface area contributed by atoms with Gasteiger partial charge in [-0.15, -0.1) is 0 Å². The van der Waals surface area contributed by atoms with Gasteiger partial charge in [0.25, 0.3) is 0 Å². The Bertz CT molecular complexity index is 767. The van der Waals surface area contributed by atoms with Crippen LogP contribution in [0.5, 0.6) is 0 Å². The van der Waals surface area contributed by atoms with Crippen LogP contribution < -0.4 is 0 Å². The van der Waals surface area contributed by atoms with Gasteiger partial charge in [-0.05, 0) is 24.6 Å². The van der Waals surface area contributed by atoms with Crippen LogP contribution >= 0.6 is 0 Å². The van der Waals surface area contributed by atoms with Gasteiger partial charge < -0.3 is 0 Å². The normalized spacial score (nSPS) is 19.3. The Morgan fingerprint density at radius 2 is 1.62 bits per heavy atom. The second-order valence-corrected chi connectivity index (χ2v) is 7.03. The molecule has 0 radical (unpaired) electrons. The highest BCUT2D eigenvalue weighted by Crippen LogP contribution is 2.35. The topological polar surface area (TPSA) is 54.5 Å². The fourth-order valence-electron chi connectivity index (χ4n) is 2.44. The van der Waals surface area contributed by atoms with Crippen molar-refractivity contribution in [2.24, 2.45) is 0 Å². The third kappa shape index (κ3) is 2.39. The maximum Gasteiger partial charge on any atom is 0.244 e. The van der Waals surface area contributed by atoms with Gasteiger partial charge >= 0.3 is 0 Å². The number of hydrogen-bond acceptors (Lipinski definition) is 3. The Kier molecular flexibility index (Phi) is 3.39. The fourth-order valence-corrected chi connectivity index (χ4v) is 4.00. The number of carbonyl (C=O) groups excluding carboxylic acids is 1. The number of sulfonamides is 1. The summed E-state index contributed by atoms with van der Waals surface area (Å²) in [5.41, 5.74) is 1.71. The molecule has 1 unspecified atom stereocenters. The summed E-state index contributed by atoms with van der Waals surface area (Å²) >= 11 is 0. The molecular weight excluding hydrogens is 286 g/mol. The van der Waals surface area contributed by atoms with E-state index in [4.69, 9.17) is 0 Å². The molecule has 0 amide bonds. The summed E-state index contributed by atoms with van der Waals surface area (Å²) in [7, 11) is -3.64. The Morgan fingerprint density at radius 1 is 1.00 bits per heavy atom. The minimum atomic E-state index is -3.64. The van der Waals surface area contributed by atoms with Crippen LogP contribution in [0.15, 0.2) is 59.5 Å². The summed E-state index contributed by atoms with van der Waals surface area (Å²) in [4.78, 5) is 12.1. The molecule has 21 heavy (non-hydrogen) atoms. The molecule has 1 fully saturated rings. The molecule has 1 aliphatic rings. The van der Waals surface area contributed by atoms with E-state index in [0.717, 1.165) is 5.56 Å². The van der Waals surface area contributed by atoms with E-state index < -0.39 is 16.1 Å². The van der Waals surface area contributed by atoms with E-state index >= 15 is 0 Å². The van der Waals surface area contributed by atoms with E-state index in [1.54, 1.807) is 48.5 Å². The van der Waals surface area contributed by atoms with E-state index in [0.29, 0.717) is 5.56 Å². The molecule has 2 aromatic carbocycles. The Hall–Kier alpha value is -1.98. The molecule has 4 nitrogen and oxygen atoms in total. The summed E-state index contributed by atoms with van der Waals surface area (Å²) in [6, 6.07) is 15.0. The summed E-state index contributed by atoms with van der Waals surface area (Å²) in [6.45, 7) is 1.84. The quantitative estimate of drug-likeness (QED) is 0.874. The third-order valence-corrected chi connectivity index (χ3v) is 5.47. The molecule has 1 heterocycles. The summed E-state index contributed by atoms with van der Waals surface area (Å²) < 4.78 is 26.5. The van der Waals surface area contributed by atoms with Crippen molar-refractivity contribution >= 4 is 15.8 Å². The van der Waals surface area contributed by atoms with Gasteiger partial charge in [0.1, 0.15) is 6.04 Å². The molecule has 3 rings (SSSR count). The largest absolute Gasteiger partial charge is 0.296 e. The average molecular weight is 301 g/mol. The van der Waals surface area contributed by atoms with Gasteiger partial charge in [0.05, 0.1) is 11.4 Å². The zero-order valence-corrected chi connectivity index (χ0v) is 12.4. The SMILES string of the molecule is Cc1ccc(S(=O)(=O)N2CC(=O)C2c2ccccc2)cc1. The predicted molar refractivity (Wildman–Crippen MR) is 79.3 cm³/mol. The molecule has 0 aromatic heterocycles. The molecule has 0 saturated carbocycles. The number of aryl methyl sites for hydroxylation is 1. The molecule has 0 bridgehead atoms. The van der Waals surface area contributed by atoms with Crippen molar-refractivity contribution in [1.29, 1.82) is 0 Å². The average Bonchev–Trinajstić information content (AvgIpc) is 2.46. The molecule has 0 aliphatic carbocycles. The molecule has 108 valence electrons. The van der Waals surface area contributed by atoms with Crippen LogP contribution in [-0.2, 0) is 14.8 Å². The van der Waals surface area contributed by atoms with Crippen molar-refractivity contribution in [3.63, 3.8) is 0 Å². The maximum absolute atomic E-state index is 12.6. The fraction of sp³-hybridized carbons (Fsp3) is 0.188. The molecular formula is C16H15NO3S. The van der Waals surface area contributed by atoms with Gasteiger partial charge in [-0.25, -0.2) is 8.42 Å². The molecule has 1 saturated heterocycles. The second-order valence-electron chi connectivity index (χ2n) is 5.14. The third-order valence-electron chi connectivity index (χ3n) is 3.65. The van der Waals surface area contributed by atoms with Crippen molar-refractivity contribution < 1.29 is 13.2 Å². The number of hydrogen-bond donors (Lipinski definition) is 0. The first-order chi connectivity index (χ1) is 10.00. The van der Waals surface area contributed by atoms with Crippen molar-refractivity contribution in [3.8, 4) is 0 Å². The van der Waals surface area contributed by atoms with E-state index in [1.807, 2.05) is 13.0 Å².